The van der Waals surface area contributed by atoms with Crippen molar-refractivity contribution < 1.29 is 9.53 Å². The third kappa shape index (κ3) is 2.46. The van der Waals surface area contributed by atoms with Gasteiger partial charge in [0.2, 0.25) is 5.82 Å². The van der Waals surface area contributed by atoms with Gasteiger partial charge in [-0.3, -0.25) is 9.89 Å². The number of aromatic amines is 1. The Balaban J connectivity index is 2.12. The summed E-state index contributed by atoms with van der Waals surface area (Å²) in [5.74, 6) is 1.12. The van der Waals surface area contributed by atoms with Crippen molar-refractivity contribution in [1.29, 1.82) is 0 Å². The summed E-state index contributed by atoms with van der Waals surface area (Å²) in [5.41, 5.74) is 0. The van der Waals surface area contributed by atoms with Gasteiger partial charge in [0.05, 0.1) is 19.3 Å². The molecule has 0 saturated carbocycles. The molecule has 1 aliphatic heterocycles. The fourth-order valence-corrected chi connectivity index (χ4v) is 1.79. The van der Waals surface area contributed by atoms with Gasteiger partial charge in [-0.05, 0) is 6.92 Å². The van der Waals surface area contributed by atoms with E-state index in [9.17, 15) is 4.79 Å². The molecule has 0 bridgehead atoms. The third-order valence-electron chi connectivity index (χ3n) is 2.87. The molecule has 1 fully saturated rings. The Bertz CT molecular complexity index is 402. The first-order chi connectivity index (χ1) is 8.09. The lowest BCUT2D eigenvalue weighted by molar-refractivity contribution is 0.00294. The van der Waals surface area contributed by atoms with Crippen LogP contribution in [0.1, 0.15) is 43.1 Å². The van der Waals surface area contributed by atoms with E-state index in [1.54, 1.807) is 4.90 Å². The Morgan fingerprint density at radius 3 is 2.94 bits per heavy atom. The van der Waals surface area contributed by atoms with Crippen molar-refractivity contribution in [3.8, 4) is 0 Å². The summed E-state index contributed by atoms with van der Waals surface area (Å²) in [6.07, 6.45) is 0. The zero-order valence-electron chi connectivity index (χ0n) is 10.4. The minimum atomic E-state index is -0.121. The lowest BCUT2D eigenvalue weighted by Crippen LogP contribution is -2.47. The maximum Gasteiger partial charge on any atom is 0.293 e. The molecule has 0 aliphatic carbocycles. The number of H-pyrrole nitrogens is 1. The number of hydrogen-bond donors (Lipinski definition) is 1. The molecule has 0 radical (unpaired) electrons. The van der Waals surface area contributed by atoms with Crippen LogP contribution >= 0.6 is 0 Å². The van der Waals surface area contributed by atoms with Gasteiger partial charge in [-0.2, -0.15) is 0 Å². The number of hydrogen-bond acceptors (Lipinski definition) is 4. The van der Waals surface area contributed by atoms with Gasteiger partial charge < -0.3 is 9.64 Å². The van der Waals surface area contributed by atoms with Crippen molar-refractivity contribution in [2.45, 2.75) is 32.7 Å². The summed E-state index contributed by atoms with van der Waals surface area (Å²) in [4.78, 5) is 18.2. The monoisotopic (exact) mass is 238 g/mol. The van der Waals surface area contributed by atoms with Crippen LogP contribution in [-0.4, -0.2) is 51.8 Å². The van der Waals surface area contributed by atoms with Crippen molar-refractivity contribution in [3.63, 3.8) is 0 Å². The van der Waals surface area contributed by atoms with Crippen LogP contribution in [0.15, 0.2) is 0 Å². The number of ether oxygens (including phenoxy) is 1. The minimum Gasteiger partial charge on any atom is -0.377 e. The Labute approximate surface area is 100 Å². The van der Waals surface area contributed by atoms with E-state index in [0.717, 1.165) is 5.82 Å². The molecular weight excluding hydrogens is 220 g/mol. The largest absolute Gasteiger partial charge is 0.377 e. The normalized spacial score (nSPS) is 20.9. The molecule has 94 valence electrons. The molecule has 1 atom stereocenters. The van der Waals surface area contributed by atoms with E-state index < -0.39 is 0 Å². The number of carbonyl (C=O) groups is 1. The summed E-state index contributed by atoms with van der Waals surface area (Å²) < 4.78 is 5.30. The van der Waals surface area contributed by atoms with E-state index >= 15 is 0 Å². The van der Waals surface area contributed by atoms with Gasteiger partial charge >= 0.3 is 0 Å². The van der Waals surface area contributed by atoms with Crippen molar-refractivity contribution in [1.82, 2.24) is 20.1 Å². The molecule has 6 nitrogen and oxygen atoms in total. The lowest BCUT2D eigenvalue weighted by Gasteiger charge is -2.32. The fourth-order valence-electron chi connectivity index (χ4n) is 1.79. The van der Waals surface area contributed by atoms with Gasteiger partial charge in [0, 0.05) is 12.5 Å². The van der Waals surface area contributed by atoms with E-state index in [4.69, 9.17) is 4.74 Å². The van der Waals surface area contributed by atoms with Gasteiger partial charge in [0.1, 0.15) is 5.82 Å². The van der Waals surface area contributed by atoms with E-state index in [1.165, 1.54) is 0 Å². The summed E-state index contributed by atoms with van der Waals surface area (Å²) in [5, 5.41) is 6.78. The second kappa shape index (κ2) is 4.83. The molecule has 1 aromatic rings. The van der Waals surface area contributed by atoms with Gasteiger partial charge in [0.15, 0.2) is 0 Å². The van der Waals surface area contributed by atoms with Gasteiger partial charge in [-0.1, -0.05) is 13.8 Å². The first-order valence-corrected chi connectivity index (χ1v) is 5.90. The standard InChI is InChI=1S/C11H18N4O2/c1-7(2)9-12-10(14-13-9)11(16)15-4-5-17-6-8(15)3/h7-8H,4-6H2,1-3H3,(H,12,13,14)/t8-/m1/s1. The van der Waals surface area contributed by atoms with Crippen molar-refractivity contribution in [3.05, 3.63) is 11.6 Å². The highest BCUT2D eigenvalue weighted by Crippen LogP contribution is 2.12. The second-order valence-corrected chi connectivity index (χ2v) is 4.62. The topological polar surface area (TPSA) is 71.1 Å². The first kappa shape index (κ1) is 12.0. The number of nitrogens with one attached hydrogen (secondary N) is 1. The number of amides is 1. The summed E-state index contributed by atoms with van der Waals surface area (Å²) in [7, 11) is 0. The average Bonchev–Trinajstić information content (AvgIpc) is 2.78. The quantitative estimate of drug-likeness (QED) is 0.826. The predicted octanol–water partition coefficient (Wildman–Crippen LogP) is 0.789. The van der Waals surface area contributed by atoms with Crippen LogP contribution in [0.4, 0.5) is 0 Å². The van der Waals surface area contributed by atoms with Gasteiger partial charge in [0.25, 0.3) is 5.91 Å². The van der Waals surface area contributed by atoms with Crippen LogP contribution in [-0.2, 0) is 4.74 Å². The van der Waals surface area contributed by atoms with Crippen molar-refractivity contribution in [2.75, 3.05) is 19.8 Å². The zero-order valence-corrected chi connectivity index (χ0v) is 10.4. The van der Waals surface area contributed by atoms with Crippen LogP contribution in [0, 0.1) is 0 Å². The molecule has 1 aliphatic rings. The van der Waals surface area contributed by atoms with Crippen LogP contribution in [0.5, 0.6) is 0 Å². The number of aromatic nitrogens is 3. The molecule has 17 heavy (non-hydrogen) atoms. The van der Waals surface area contributed by atoms with Crippen molar-refractivity contribution in [2.24, 2.45) is 0 Å². The summed E-state index contributed by atoms with van der Waals surface area (Å²) in [6.45, 7) is 7.74. The second-order valence-electron chi connectivity index (χ2n) is 4.62. The molecule has 1 amide bonds. The molecule has 0 spiro atoms. The molecule has 2 rings (SSSR count). The van der Waals surface area contributed by atoms with Crippen LogP contribution in [0.2, 0.25) is 0 Å². The number of nitrogens with zero attached hydrogens (tertiary/aromatic N) is 3. The molecule has 1 saturated heterocycles. The molecular formula is C11H18N4O2. The highest BCUT2D eigenvalue weighted by Gasteiger charge is 2.27. The molecule has 6 heteroatoms. The van der Waals surface area contributed by atoms with E-state index in [1.807, 2.05) is 20.8 Å². The molecule has 0 unspecified atom stereocenters. The highest BCUT2D eigenvalue weighted by atomic mass is 16.5. The number of morpholine rings is 1. The SMILES string of the molecule is CC(C)c1nc(C(=O)N2CCOC[C@H]2C)n[nH]1. The fraction of sp³-hybridized carbons (Fsp3) is 0.727. The molecule has 2 heterocycles. The molecule has 1 N–H and O–H groups in total. The van der Waals surface area contributed by atoms with Crippen molar-refractivity contribution >= 4 is 5.91 Å². The first-order valence-electron chi connectivity index (χ1n) is 5.90. The Hall–Kier alpha value is -1.43. The third-order valence-corrected chi connectivity index (χ3v) is 2.87. The maximum absolute atomic E-state index is 12.2. The van der Waals surface area contributed by atoms with E-state index in [2.05, 4.69) is 15.2 Å². The number of carbonyl (C=O) groups excluding carboxylic acids is 1. The smallest absolute Gasteiger partial charge is 0.293 e. The summed E-state index contributed by atoms with van der Waals surface area (Å²) in [6, 6.07) is 0.0808. The van der Waals surface area contributed by atoms with Crippen LogP contribution in [0.3, 0.4) is 0 Å². The van der Waals surface area contributed by atoms with Crippen LogP contribution < -0.4 is 0 Å². The summed E-state index contributed by atoms with van der Waals surface area (Å²) >= 11 is 0. The van der Waals surface area contributed by atoms with Gasteiger partial charge in [-0.15, -0.1) is 5.10 Å². The number of rotatable bonds is 2. The maximum atomic E-state index is 12.2. The van der Waals surface area contributed by atoms with Gasteiger partial charge in [-0.25, -0.2) is 4.98 Å². The Kier molecular flexibility index (Phi) is 3.42. The minimum absolute atomic E-state index is 0.0808. The highest BCUT2D eigenvalue weighted by molar-refractivity contribution is 5.90. The molecule has 0 aromatic carbocycles. The van der Waals surface area contributed by atoms with Crippen LogP contribution in [0.25, 0.3) is 0 Å². The predicted molar refractivity (Wildman–Crippen MR) is 61.8 cm³/mol. The zero-order chi connectivity index (χ0) is 12.4. The van der Waals surface area contributed by atoms with E-state index in [-0.39, 0.29) is 23.7 Å². The average molecular weight is 238 g/mol. The molecule has 1 aromatic heterocycles. The lowest BCUT2D eigenvalue weighted by atomic mass is 10.2. The Morgan fingerprint density at radius 2 is 2.35 bits per heavy atom. The van der Waals surface area contributed by atoms with E-state index in [0.29, 0.717) is 19.8 Å². The Morgan fingerprint density at radius 1 is 1.59 bits per heavy atom.